The van der Waals surface area contributed by atoms with Crippen LogP contribution in [0.25, 0.3) is 11.4 Å². The quantitative estimate of drug-likeness (QED) is 0.452. The Kier molecular flexibility index (Phi) is 5.61. The fraction of sp³-hybridized carbons (Fsp3) is 0. The predicted octanol–water partition coefficient (Wildman–Crippen LogP) is 4.21. The van der Waals surface area contributed by atoms with Crippen LogP contribution < -0.4 is 5.73 Å². The molecule has 2 heterocycles. The van der Waals surface area contributed by atoms with Gasteiger partial charge in [-0.1, -0.05) is 0 Å². The lowest BCUT2D eigenvalue weighted by Crippen LogP contribution is -1.95. The summed E-state index contributed by atoms with van der Waals surface area (Å²) in [7, 11) is 0. The molecule has 4 rings (SSSR count). The monoisotopic (exact) mass is 465 g/mol. The molecule has 4 aromatic rings. The number of hydrogen-bond acceptors (Lipinski definition) is 3. The van der Waals surface area contributed by atoms with E-state index in [-0.39, 0.29) is 11.6 Å². The first-order valence-electron chi connectivity index (χ1n) is 7.55. The molecule has 2 aromatic carbocycles. The molecule has 0 bridgehead atoms. The van der Waals surface area contributed by atoms with Gasteiger partial charge in [0.2, 0.25) is 0 Å². The van der Waals surface area contributed by atoms with Gasteiger partial charge in [-0.15, -0.1) is 0 Å². The molecule has 0 saturated carbocycles. The standard InChI is InChI=1S/C9H6FIN2.C9H8FN3/c2*10-7-1-3-8(4-2-7)13-6-5-9(11)12-13/h1-6H;1-6H,(H2,11,12). The maximum atomic E-state index is 12.6. The highest BCUT2D eigenvalue weighted by molar-refractivity contribution is 14.1. The van der Waals surface area contributed by atoms with Crippen LogP contribution in [0.1, 0.15) is 0 Å². The van der Waals surface area contributed by atoms with Crippen molar-refractivity contribution in [2.45, 2.75) is 0 Å². The Morgan fingerprint density at radius 1 is 0.692 bits per heavy atom. The van der Waals surface area contributed by atoms with Crippen LogP contribution in [-0.4, -0.2) is 19.6 Å². The van der Waals surface area contributed by atoms with E-state index in [9.17, 15) is 8.78 Å². The number of nitrogen functional groups attached to an aromatic ring is 1. The highest BCUT2D eigenvalue weighted by Crippen LogP contribution is 2.10. The zero-order chi connectivity index (χ0) is 18.5. The molecule has 0 unspecified atom stereocenters. The molecule has 0 radical (unpaired) electrons. The van der Waals surface area contributed by atoms with Crippen LogP contribution in [0.3, 0.4) is 0 Å². The maximum Gasteiger partial charge on any atom is 0.145 e. The molecule has 0 amide bonds. The van der Waals surface area contributed by atoms with Gasteiger partial charge >= 0.3 is 0 Å². The molecule has 132 valence electrons. The normalized spacial score (nSPS) is 10.3. The van der Waals surface area contributed by atoms with Gasteiger partial charge in [0, 0.05) is 18.5 Å². The zero-order valence-electron chi connectivity index (χ0n) is 13.4. The van der Waals surface area contributed by atoms with Gasteiger partial charge in [0.05, 0.1) is 11.4 Å². The summed E-state index contributed by atoms with van der Waals surface area (Å²) < 4.78 is 29.3. The van der Waals surface area contributed by atoms with E-state index in [1.807, 2.05) is 12.3 Å². The third kappa shape index (κ3) is 4.66. The summed E-state index contributed by atoms with van der Waals surface area (Å²) in [6, 6.07) is 15.8. The Labute approximate surface area is 162 Å². The van der Waals surface area contributed by atoms with Crippen molar-refractivity contribution in [2.24, 2.45) is 0 Å². The summed E-state index contributed by atoms with van der Waals surface area (Å²) in [5.74, 6) is -0.0428. The molecule has 0 aliphatic rings. The molecule has 0 aliphatic carbocycles. The Balaban J connectivity index is 0.000000151. The van der Waals surface area contributed by atoms with Gasteiger partial charge in [0.1, 0.15) is 21.2 Å². The Hall–Kier alpha value is -2.75. The van der Waals surface area contributed by atoms with Crippen molar-refractivity contribution >= 4 is 28.4 Å². The topological polar surface area (TPSA) is 61.7 Å². The first kappa shape index (κ1) is 18.1. The smallest absolute Gasteiger partial charge is 0.145 e. The summed E-state index contributed by atoms with van der Waals surface area (Å²) in [5, 5.41) is 8.17. The van der Waals surface area contributed by atoms with Crippen LogP contribution in [0.2, 0.25) is 0 Å². The van der Waals surface area contributed by atoms with E-state index < -0.39 is 0 Å². The van der Waals surface area contributed by atoms with E-state index in [0.29, 0.717) is 5.82 Å². The van der Waals surface area contributed by atoms with Crippen LogP contribution >= 0.6 is 22.6 Å². The number of nitrogens with zero attached hydrogens (tertiary/aromatic N) is 4. The number of aromatic nitrogens is 4. The van der Waals surface area contributed by atoms with Crippen LogP contribution in [0, 0.1) is 15.3 Å². The van der Waals surface area contributed by atoms with E-state index in [0.717, 1.165) is 15.1 Å². The van der Waals surface area contributed by atoms with Gasteiger partial charge in [-0.3, -0.25) is 0 Å². The molecule has 0 aliphatic heterocycles. The van der Waals surface area contributed by atoms with Gasteiger partial charge in [-0.2, -0.15) is 10.2 Å². The Bertz CT molecular complexity index is 896. The first-order chi connectivity index (χ1) is 12.5. The number of halogens is 3. The number of nitrogens with two attached hydrogens (primary N) is 1. The van der Waals surface area contributed by atoms with Gasteiger partial charge in [0.25, 0.3) is 0 Å². The molecule has 8 heteroatoms. The van der Waals surface area contributed by atoms with Crippen molar-refractivity contribution in [1.82, 2.24) is 19.6 Å². The van der Waals surface area contributed by atoms with E-state index in [2.05, 4.69) is 32.8 Å². The summed E-state index contributed by atoms with van der Waals surface area (Å²) in [6.07, 6.45) is 3.57. The van der Waals surface area contributed by atoms with Gasteiger partial charge in [0.15, 0.2) is 0 Å². The van der Waals surface area contributed by atoms with Crippen molar-refractivity contribution in [3.05, 3.63) is 88.4 Å². The Morgan fingerprint density at radius 2 is 1.15 bits per heavy atom. The fourth-order valence-electron chi connectivity index (χ4n) is 2.11. The third-order valence-corrected chi connectivity index (χ3v) is 3.92. The number of anilines is 1. The predicted molar refractivity (Wildman–Crippen MR) is 104 cm³/mol. The highest BCUT2D eigenvalue weighted by Gasteiger charge is 1.98. The zero-order valence-corrected chi connectivity index (χ0v) is 15.6. The fourth-order valence-corrected chi connectivity index (χ4v) is 2.51. The lowest BCUT2D eigenvalue weighted by atomic mass is 10.3. The van der Waals surface area contributed by atoms with Gasteiger partial charge < -0.3 is 5.73 Å². The van der Waals surface area contributed by atoms with Crippen molar-refractivity contribution in [2.75, 3.05) is 5.73 Å². The van der Waals surface area contributed by atoms with Gasteiger partial charge in [-0.25, -0.2) is 18.1 Å². The molecule has 0 fully saturated rings. The molecule has 26 heavy (non-hydrogen) atoms. The lowest BCUT2D eigenvalue weighted by molar-refractivity contribution is 0.626. The molecule has 0 saturated heterocycles. The molecule has 0 atom stereocenters. The molecule has 2 aromatic heterocycles. The van der Waals surface area contributed by atoms with Crippen molar-refractivity contribution in [1.29, 1.82) is 0 Å². The SMILES string of the molecule is Fc1ccc(-n2ccc(I)n2)cc1.Nc1ccn(-c2ccc(F)cc2)n1. The largest absolute Gasteiger partial charge is 0.382 e. The van der Waals surface area contributed by atoms with Crippen LogP contribution in [-0.2, 0) is 0 Å². The van der Waals surface area contributed by atoms with E-state index >= 15 is 0 Å². The second-order valence-corrected chi connectivity index (χ2v) is 6.33. The second kappa shape index (κ2) is 8.09. The minimum Gasteiger partial charge on any atom is -0.382 e. The van der Waals surface area contributed by atoms with Crippen LogP contribution in [0.4, 0.5) is 14.6 Å². The van der Waals surface area contributed by atoms with Crippen LogP contribution in [0.5, 0.6) is 0 Å². The molecule has 0 spiro atoms. The minimum atomic E-state index is -0.260. The van der Waals surface area contributed by atoms with E-state index in [4.69, 9.17) is 5.73 Å². The molecular formula is C18H14F2IN5. The second-order valence-electron chi connectivity index (χ2n) is 5.22. The molecular weight excluding hydrogens is 451 g/mol. The van der Waals surface area contributed by atoms with Crippen molar-refractivity contribution < 1.29 is 8.78 Å². The average Bonchev–Trinajstić information content (AvgIpc) is 3.25. The minimum absolute atomic E-state index is 0.231. The Morgan fingerprint density at radius 3 is 1.54 bits per heavy atom. The number of hydrogen-bond donors (Lipinski definition) is 1. The average molecular weight is 465 g/mol. The van der Waals surface area contributed by atoms with Gasteiger partial charge in [-0.05, 0) is 77.2 Å². The number of rotatable bonds is 2. The lowest BCUT2D eigenvalue weighted by Gasteiger charge is -1.99. The highest BCUT2D eigenvalue weighted by atomic mass is 127. The summed E-state index contributed by atoms with van der Waals surface area (Å²) in [4.78, 5) is 0. The summed E-state index contributed by atoms with van der Waals surface area (Å²) >= 11 is 2.13. The van der Waals surface area contributed by atoms with E-state index in [1.165, 1.54) is 24.3 Å². The first-order valence-corrected chi connectivity index (χ1v) is 8.63. The third-order valence-electron chi connectivity index (χ3n) is 3.35. The van der Waals surface area contributed by atoms with Crippen molar-refractivity contribution in [3.8, 4) is 11.4 Å². The maximum absolute atomic E-state index is 12.6. The van der Waals surface area contributed by atoms with E-state index in [1.54, 1.807) is 45.9 Å². The summed E-state index contributed by atoms with van der Waals surface area (Å²) in [5.41, 5.74) is 7.09. The molecule has 2 N–H and O–H groups in total. The van der Waals surface area contributed by atoms with Crippen molar-refractivity contribution in [3.63, 3.8) is 0 Å². The van der Waals surface area contributed by atoms with Crippen LogP contribution in [0.15, 0.2) is 73.1 Å². The summed E-state index contributed by atoms with van der Waals surface area (Å²) in [6.45, 7) is 0. The number of benzene rings is 2. The molecule has 5 nitrogen and oxygen atoms in total.